The van der Waals surface area contributed by atoms with Crippen LogP contribution in [0.1, 0.15) is 5.56 Å². The van der Waals surface area contributed by atoms with Crippen LogP contribution < -0.4 is 8.92 Å². The fourth-order valence-electron chi connectivity index (χ4n) is 1.08. The third kappa shape index (κ3) is 3.77. The quantitative estimate of drug-likeness (QED) is 0.627. The van der Waals surface area contributed by atoms with E-state index in [2.05, 4.69) is 8.92 Å². The Balaban J connectivity index is 3.23. The first-order valence-corrected chi connectivity index (χ1v) is 5.33. The van der Waals surface area contributed by atoms with Crippen molar-refractivity contribution in [3.63, 3.8) is 0 Å². The van der Waals surface area contributed by atoms with Crippen molar-refractivity contribution in [2.75, 3.05) is 7.11 Å². The molecule has 9 heteroatoms. The van der Waals surface area contributed by atoms with Gasteiger partial charge in [-0.2, -0.15) is 21.6 Å². The molecule has 1 rings (SSSR count). The van der Waals surface area contributed by atoms with Gasteiger partial charge in [-0.3, -0.25) is 0 Å². The smallest absolute Gasteiger partial charge is 0.488 e. The Bertz CT molecular complexity index is 509. The van der Waals surface area contributed by atoms with Crippen LogP contribution in [0, 0.1) is 0 Å². The van der Waals surface area contributed by atoms with E-state index >= 15 is 0 Å². The molecule has 1 aromatic carbocycles. The van der Waals surface area contributed by atoms with Crippen LogP contribution in [0.3, 0.4) is 0 Å². The van der Waals surface area contributed by atoms with Crippen LogP contribution >= 0.6 is 0 Å². The Hall–Kier alpha value is -1.51. The lowest BCUT2D eigenvalue weighted by Gasteiger charge is -2.12. The number of methoxy groups -OCH3 is 1. The van der Waals surface area contributed by atoms with Crippen molar-refractivity contribution >= 4 is 10.5 Å². The number of rotatable bonds is 3. The van der Waals surface area contributed by atoms with Gasteiger partial charge in [0, 0.05) is 0 Å². The fraction of sp³-hybridized carbons (Fsp3) is 0.250. The monoisotopic (exact) mass is 274 g/mol. The van der Waals surface area contributed by atoms with Crippen LogP contribution in [0.15, 0.2) is 18.2 Å². The average molecular weight is 274 g/mol. The molecule has 0 aromatic heterocycles. The molecule has 0 spiro atoms. The molecule has 0 saturated carbocycles. The van der Waals surface area contributed by atoms with Gasteiger partial charge >= 0.3 is 16.7 Å². The molecule has 0 saturated heterocycles. The summed E-state index contributed by atoms with van der Waals surface area (Å²) >= 11 is 0. The molecule has 0 fully saturated rings. The molecule has 0 aliphatic heterocycles. The number of benzene rings is 1. The number of ether oxygens (including phenoxy) is 1. The van der Waals surface area contributed by atoms with Gasteiger partial charge in [0.25, 0.3) is 0 Å². The van der Waals surface area contributed by atoms with Gasteiger partial charge < -0.3 is 8.92 Å². The van der Waals surface area contributed by atoms with Crippen LogP contribution in [0.5, 0.6) is 11.5 Å². The second-order valence-electron chi connectivity index (χ2n) is 2.84. The van der Waals surface area contributed by atoms with Crippen LogP contribution in [0.4, 0.5) is 17.1 Å². The molecule has 0 bridgehead atoms. The molecule has 0 N–H and O–H groups in total. The minimum atomic E-state index is -5.37. The Morgan fingerprint density at radius 2 is 1.82 bits per heavy atom. The van der Waals surface area contributed by atoms with Crippen LogP contribution in [-0.2, 0) is 16.7 Å². The maximum absolute atomic E-state index is 12.5. The summed E-state index contributed by atoms with van der Waals surface area (Å²) in [5, 5.41) is 0. The van der Waals surface area contributed by atoms with Crippen LogP contribution in [0.25, 0.3) is 0 Å². The summed E-state index contributed by atoms with van der Waals surface area (Å²) in [7, 11) is -4.36. The second kappa shape index (κ2) is 4.40. The molecule has 0 heterocycles. The molecule has 96 valence electrons. The number of alkyl halides is 3. The normalized spacial score (nSPS) is 12.3. The number of halogens is 4. The third-order valence-electron chi connectivity index (χ3n) is 1.67. The summed E-state index contributed by atoms with van der Waals surface area (Å²) in [5.74, 6) is -1.32. The highest BCUT2D eigenvalue weighted by molar-refractivity contribution is 7.81. The van der Waals surface area contributed by atoms with Crippen molar-refractivity contribution in [1.29, 1.82) is 0 Å². The predicted molar refractivity (Wildman–Crippen MR) is 48.7 cm³/mol. The van der Waals surface area contributed by atoms with E-state index in [1.54, 1.807) is 0 Å². The second-order valence-corrected chi connectivity index (χ2v) is 3.79. The van der Waals surface area contributed by atoms with E-state index in [9.17, 15) is 25.5 Å². The van der Waals surface area contributed by atoms with Crippen molar-refractivity contribution in [1.82, 2.24) is 0 Å². The van der Waals surface area contributed by atoms with E-state index in [1.165, 1.54) is 0 Å². The minimum Gasteiger partial charge on any atom is -0.496 e. The highest BCUT2D eigenvalue weighted by Crippen LogP contribution is 2.38. The average Bonchev–Trinajstić information content (AvgIpc) is 2.13. The lowest BCUT2D eigenvalue weighted by atomic mass is 10.2. The van der Waals surface area contributed by atoms with Gasteiger partial charge in [0.05, 0.1) is 7.11 Å². The molecule has 0 unspecified atom stereocenters. The molecule has 17 heavy (non-hydrogen) atoms. The van der Waals surface area contributed by atoms with Crippen LogP contribution in [0.2, 0.25) is 0 Å². The summed E-state index contributed by atoms with van der Waals surface area (Å²) < 4.78 is 77.9. The lowest BCUT2D eigenvalue weighted by Crippen LogP contribution is -2.09. The molecule has 1 aromatic rings. The molecule has 0 amide bonds. The highest BCUT2D eigenvalue weighted by Gasteiger charge is 2.35. The summed E-state index contributed by atoms with van der Waals surface area (Å²) in [5.41, 5.74) is -1.26. The zero-order valence-corrected chi connectivity index (χ0v) is 9.10. The number of hydrogen-bond acceptors (Lipinski definition) is 4. The van der Waals surface area contributed by atoms with Gasteiger partial charge in [0.1, 0.15) is 17.1 Å². The van der Waals surface area contributed by atoms with Crippen molar-refractivity contribution in [2.24, 2.45) is 0 Å². The van der Waals surface area contributed by atoms with Crippen molar-refractivity contribution in [3.05, 3.63) is 23.8 Å². The van der Waals surface area contributed by atoms with Gasteiger partial charge in [-0.05, 0) is 18.2 Å². The zero-order valence-electron chi connectivity index (χ0n) is 8.29. The lowest BCUT2D eigenvalue weighted by molar-refractivity contribution is -0.138. The van der Waals surface area contributed by atoms with Gasteiger partial charge in [-0.1, -0.05) is 3.89 Å². The Morgan fingerprint density at radius 1 is 1.24 bits per heavy atom. The molecule has 0 atom stereocenters. The SMILES string of the molecule is COc1ccc(OS(=O)(=O)F)cc1C(F)(F)F. The molecular formula is C8H6F4O4S. The first kappa shape index (κ1) is 13.6. The van der Waals surface area contributed by atoms with Crippen molar-refractivity contribution < 1.29 is 34.4 Å². The van der Waals surface area contributed by atoms with Gasteiger partial charge in [-0.25, -0.2) is 0 Å². The topological polar surface area (TPSA) is 52.6 Å². The maximum atomic E-state index is 12.5. The highest BCUT2D eigenvalue weighted by atomic mass is 32.3. The van der Waals surface area contributed by atoms with Gasteiger partial charge in [-0.15, -0.1) is 0 Å². The Kier molecular flexibility index (Phi) is 3.51. The first-order chi connectivity index (χ1) is 7.63. The van der Waals surface area contributed by atoms with E-state index in [0.717, 1.165) is 19.2 Å². The largest absolute Gasteiger partial charge is 0.496 e. The van der Waals surface area contributed by atoms with E-state index in [-0.39, 0.29) is 0 Å². The van der Waals surface area contributed by atoms with Gasteiger partial charge in [0.15, 0.2) is 0 Å². The summed E-state index contributed by atoms with van der Waals surface area (Å²) in [4.78, 5) is 0. The third-order valence-corrected chi connectivity index (χ3v) is 2.06. The fourth-order valence-corrected chi connectivity index (χ4v) is 1.41. The van der Waals surface area contributed by atoms with Gasteiger partial charge in [0.2, 0.25) is 0 Å². The summed E-state index contributed by atoms with van der Waals surface area (Å²) in [6.45, 7) is 0. The van der Waals surface area contributed by atoms with Crippen molar-refractivity contribution in [2.45, 2.75) is 6.18 Å². The molecular weight excluding hydrogens is 268 g/mol. The minimum absolute atomic E-state index is 0.329. The van der Waals surface area contributed by atoms with E-state index in [4.69, 9.17) is 0 Å². The molecule has 0 aliphatic rings. The molecule has 0 radical (unpaired) electrons. The van der Waals surface area contributed by atoms with E-state index in [0.29, 0.717) is 6.07 Å². The first-order valence-electron chi connectivity index (χ1n) is 4.03. The predicted octanol–water partition coefficient (Wildman–Crippen LogP) is 2.31. The Labute approximate surface area is 94.2 Å². The zero-order chi connectivity index (χ0) is 13.3. The summed E-state index contributed by atoms with van der Waals surface area (Å²) in [6.07, 6.45) is -4.77. The standard InChI is InChI=1S/C8H6F4O4S/c1-15-7-3-2-5(16-17(12,13)14)4-6(7)8(9,10)11/h2-4H,1H3. The maximum Gasteiger partial charge on any atom is 0.488 e. The van der Waals surface area contributed by atoms with E-state index in [1.807, 2.05) is 0 Å². The van der Waals surface area contributed by atoms with Crippen molar-refractivity contribution in [3.8, 4) is 11.5 Å². The summed E-state index contributed by atoms with van der Waals surface area (Å²) in [6, 6.07) is 1.99. The Morgan fingerprint density at radius 3 is 2.24 bits per heavy atom. The molecule has 0 aliphatic carbocycles. The molecule has 4 nitrogen and oxygen atoms in total. The number of hydrogen-bond donors (Lipinski definition) is 0. The van der Waals surface area contributed by atoms with E-state index < -0.39 is 33.7 Å². The van der Waals surface area contributed by atoms with Crippen LogP contribution in [-0.4, -0.2) is 15.5 Å².